The highest BCUT2D eigenvalue weighted by Crippen LogP contribution is 2.26. The maximum Gasteiger partial charge on any atom is 0.408 e. The number of carbonyl (C=O) groups excluding carboxylic acids is 4. The predicted molar refractivity (Wildman–Crippen MR) is 149 cm³/mol. The molecule has 0 bridgehead atoms. The predicted octanol–water partition coefficient (Wildman–Crippen LogP) is 3.45. The zero-order valence-corrected chi connectivity index (χ0v) is 23.5. The highest BCUT2D eigenvalue weighted by Gasteiger charge is 2.36. The number of nitriles is 1. The van der Waals surface area contributed by atoms with Crippen LogP contribution in [0.25, 0.3) is 0 Å². The Hall–Kier alpha value is -4.59. The standard InChI is InChI=1S/C29H37N5O6/c1-6-19-7-9-20(10-8-19)25(26(36)32-21-11-13-22(39-5)14-12-21)34(18-17-30)27(37)23(15-16-24(31)35)33-28(38)40-29(2,3)4/h7-14,23,25H,6,15-16,18H2,1-5H3,(H2,31,35)(H,32,36)(H,33,38). The van der Waals surface area contributed by atoms with Gasteiger partial charge in [0.05, 0.1) is 13.2 Å². The molecule has 2 unspecified atom stereocenters. The van der Waals surface area contributed by atoms with Gasteiger partial charge in [0.2, 0.25) is 11.8 Å². The maximum absolute atomic E-state index is 13.9. The normalized spacial score (nSPS) is 12.3. The fraction of sp³-hybridized carbons (Fsp3) is 0.414. The number of carbonyl (C=O) groups is 4. The van der Waals surface area contributed by atoms with Crippen molar-refractivity contribution in [3.63, 3.8) is 0 Å². The second kappa shape index (κ2) is 14.5. The van der Waals surface area contributed by atoms with Crippen molar-refractivity contribution in [1.29, 1.82) is 5.26 Å². The van der Waals surface area contributed by atoms with E-state index in [-0.39, 0.29) is 12.8 Å². The van der Waals surface area contributed by atoms with Crippen LogP contribution >= 0.6 is 0 Å². The molecular formula is C29H37N5O6. The van der Waals surface area contributed by atoms with Crippen molar-refractivity contribution in [2.75, 3.05) is 19.0 Å². The highest BCUT2D eigenvalue weighted by atomic mass is 16.6. The maximum atomic E-state index is 13.9. The smallest absolute Gasteiger partial charge is 0.408 e. The number of alkyl carbamates (subject to hydrolysis) is 1. The molecule has 214 valence electrons. The number of primary amides is 1. The minimum absolute atomic E-state index is 0.156. The molecule has 2 aromatic carbocycles. The van der Waals surface area contributed by atoms with Crippen molar-refractivity contribution in [2.24, 2.45) is 5.73 Å². The molecule has 4 N–H and O–H groups in total. The number of nitrogens with one attached hydrogen (secondary N) is 2. The number of benzene rings is 2. The van der Waals surface area contributed by atoms with Gasteiger partial charge in [0.15, 0.2) is 0 Å². The number of anilines is 1. The van der Waals surface area contributed by atoms with E-state index in [9.17, 15) is 24.4 Å². The molecule has 2 rings (SSSR count). The Kier molecular flexibility index (Phi) is 11.5. The summed E-state index contributed by atoms with van der Waals surface area (Å²) in [6, 6.07) is 13.1. The van der Waals surface area contributed by atoms with E-state index in [0.29, 0.717) is 17.0 Å². The SMILES string of the molecule is CCc1ccc(C(C(=O)Nc2ccc(OC)cc2)N(CC#N)C(=O)C(CCC(N)=O)NC(=O)OC(C)(C)C)cc1. The van der Waals surface area contributed by atoms with E-state index in [1.165, 1.54) is 7.11 Å². The van der Waals surface area contributed by atoms with Gasteiger partial charge >= 0.3 is 6.09 Å². The van der Waals surface area contributed by atoms with E-state index in [1.807, 2.05) is 25.1 Å². The van der Waals surface area contributed by atoms with Gasteiger partial charge < -0.3 is 30.7 Å². The molecular weight excluding hydrogens is 514 g/mol. The number of rotatable bonds is 12. The molecule has 0 aliphatic rings. The molecule has 0 heterocycles. The van der Waals surface area contributed by atoms with Crippen LogP contribution in [0.1, 0.15) is 57.7 Å². The summed E-state index contributed by atoms with van der Waals surface area (Å²) < 4.78 is 10.5. The van der Waals surface area contributed by atoms with E-state index < -0.39 is 48.0 Å². The number of methoxy groups -OCH3 is 1. The lowest BCUT2D eigenvalue weighted by Crippen LogP contribution is -2.52. The van der Waals surface area contributed by atoms with Gasteiger partial charge in [-0.25, -0.2) is 4.79 Å². The van der Waals surface area contributed by atoms with E-state index in [1.54, 1.807) is 57.2 Å². The van der Waals surface area contributed by atoms with E-state index >= 15 is 0 Å². The Balaban J connectivity index is 2.50. The summed E-state index contributed by atoms with van der Waals surface area (Å²) in [6.45, 7) is 6.50. The van der Waals surface area contributed by atoms with Crippen LogP contribution in [0.5, 0.6) is 5.75 Å². The molecule has 2 aromatic rings. The Bertz CT molecular complexity index is 1220. The first-order valence-corrected chi connectivity index (χ1v) is 12.9. The number of nitrogens with two attached hydrogens (primary N) is 1. The highest BCUT2D eigenvalue weighted by molar-refractivity contribution is 5.99. The van der Waals surface area contributed by atoms with E-state index in [0.717, 1.165) is 16.9 Å². The number of ether oxygens (including phenoxy) is 2. The molecule has 2 atom stereocenters. The van der Waals surface area contributed by atoms with Crippen LogP contribution in [-0.2, 0) is 25.5 Å². The molecule has 4 amide bonds. The Morgan fingerprint density at radius 2 is 1.68 bits per heavy atom. The Morgan fingerprint density at radius 1 is 1.05 bits per heavy atom. The van der Waals surface area contributed by atoms with Crippen molar-refractivity contribution in [2.45, 2.75) is 64.6 Å². The van der Waals surface area contributed by atoms with Crippen LogP contribution in [0, 0.1) is 11.3 Å². The minimum Gasteiger partial charge on any atom is -0.497 e. The third kappa shape index (κ3) is 9.62. The zero-order chi connectivity index (χ0) is 29.9. The van der Waals surface area contributed by atoms with Crippen molar-refractivity contribution < 1.29 is 28.7 Å². The number of hydrogen-bond acceptors (Lipinski definition) is 7. The van der Waals surface area contributed by atoms with E-state index in [2.05, 4.69) is 10.6 Å². The summed E-state index contributed by atoms with van der Waals surface area (Å²) in [4.78, 5) is 52.8. The lowest BCUT2D eigenvalue weighted by atomic mass is 9.99. The van der Waals surface area contributed by atoms with Gasteiger partial charge in [-0.2, -0.15) is 5.26 Å². The molecule has 0 saturated heterocycles. The lowest BCUT2D eigenvalue weighted by molar-refractivity contribution is -0.140. The van der Waals surface area contributed by atoms with Crippen molar-refractivity contribution in [3.8, 4) is 11.8 Å². The van der Waals surface area contributed by atoms with Gasteiger partial charge in [-0.05, 0) is 69.0 Å². The van der Waals surface area contributed by atoms with Crippen molar-refractivity contribution in [1.82, 2.24) is 10.2 Å². The molecule has 0 spiro atoms. The average Bonchev–Trinajstić information content (AvgIpc) is 2.90. The fourth-order valence-electron chi connectivity index (χ4n) is 3.86. The topological polar surface area (TPSA) is 164 Å². The summed E-state index contributed by atoms with van der Waals surface area (Å²) in [5, 5.41) is 14.9. The lowest BCUT2D eigenvalue weighted by Gasteiger charge is -2.33. The summed E-state index contributed by atoms with van der Waals surface area (Å²) in [7, 11) is 1.52. The molecule has 0 saturated carbocycles. The molecule has 0 aliphatic carbocycles. The molecule has 11 nitrogen and oxygen atoms in total. The van der Waals surface area contributed by atoms with Gasteiger partial charge in [-0.3, -0.25) is 14.4 Å². The number of aryl methyl sites for hydroxylation is 1. The summed E-state index contributed by atoms with van der Waals surface area (Å²) in [6.07, 6.45) is -0.505. The minimum atomic E-state index is -1.29. The van der Waals surface area contributed by atoms with Gasteiger partial charge in [0.25, 0.3) is 5.91 Å². The number of hydrogen-bond donors (Lipinski definition) is 3. The third-order valence-electron chi connectivity index (χ3n) is 5.81. The van der Waals surface area contributed by atoms with Crippen LogP contribution < -0.4 is 21.1 Å². The quantitative estimate of drug-likeness (QED) is 0.340. The fourth-order valence-corrected chi connectivity index (χ4v) is 3.86. The second-order valence-corrected chi connectivity index (χ2v) is 10.0. The average molecular weight is 552 g/mol. The van der Waals surface area contributed by atoms with Crippen LogP contribution in [0.2, 0.25) is 0 Å². The molecule has 40 heavy (non-hydrogen) atoms. The summed E-state index contributed by atoms with van der Waals surface area (Å²) in [5.41, 5.74) is 6.38. The zero-order valence-electron chi connectivity index (χ0n) is 23.5. The third-order valence-corrected chi connectivity index (χ3v) is 5.81. The number of nitrogens with zero attached hydrogens (tertiary/aromatic N) is 2. The molecule has 0 aromatic heterocycles. The molecule has 11 heteroatoms. The molecule has 0 radical (unpaired) electrons. The van der Waals surface area contributed by atoms with Crippen LogP contribution in [0.3, 0.4) is 0 Å². The summed E-state index contributed by atoms with van der Waals surface area (Å²) >= 11 is 0. The van der Waals surface area contributed by atoms with E-state index in [4.69, 9.17) is 15.2 Å². The first-order chi connectivity index (χ1) is 18.9. The first kappa shape index (κ1) is 31.6. The Labute approximate surface area is 234 Å². The first-order valence-electron chi connectivity index (χ1n) is 12.9. The summed E-state index contributed by atoms with van der Waals surface area (Å²) in [5.74, 6) is -1.41. The monoisotopic (exact) mass is 551 g/mol. The van der Waals surface area contributed by atoms with Gasteiger partial charge in [0.1, 0.15) is 30.0 Å². The van der Waals surface area contributed by atoms with Crippen LogP contribution in [-0.4, -0.2) is 54.0 Å². The van der Waals surface area contributed by atoms with Crippen molar-refractivity contribution >= 4 is 29.5 Å². The number of amides is 4. The van der Waals surface area contributed by atoms with Gasteiger partial charge in [0, 0.05) is 12.1 Å². The van der Waals surface area contributed by atoms with Gasteiger partial charge in [-0.15, -0.1) is 0 Å². The van der Waals surface area contributed by atoms with Crippen LogP contribution in [0.4, 0.5) is 10.5 Å². The molecule has 0 fully saturated rings. The Morgan fingerprint density at radius 3 is 2.17 bits per heavy atom. The van der Waals surface area contributed by atoms with Crippen LogP contribution in [0.15, 0.2) is 48.5 Å². The second-order valence-electron chi connectivity index (χ2n) is 10.0. The largest absolute Gasteiger partial charge is 0.497 e. The van der Waals surface area contributed by atoms with Gasteiger partial charge in [-0.1, -0.05) is 31.2 Å². The molecule has 0 aliphatic heterocycles. The van der Waals surface area contributed by atoms with Crippen molar-refractivity contribution in [3.05, 3.63) is 59.7 Å².